The largest absolute Gasteiger partial charge is 0.419 e. The molecule has 2 N–H and O–H groups in total. The molecule has 0 unspecified atom stereocenters. The van der Waals surface area contributed by atoms with Crippen molar-refractivity contribution in [2.24, 2.45) is 0 Å². The molecule has 1 saturated heterocycles. The Morgan fingerprint density at radius 3 is 2.17 bits per heavy atom. The van der Waals surface area contributed by atoms with Crippen LogP contribution in [-0.4, -0.2) is 41.8 Å². The normalized spacial score (nSPS) is 15.3. The molecule has 29 heavy (non-hydrogen) atoms. The summed E-state index contributed by atoms with van der Waals surface area (Å²) in [7, 11) is 3.83. The lowest BCUT2D eigenvalue weighted by atomic mass is 10.2. The second-order valence-corrected chi connectivity index (χ2v) is 7.17. The van der Waals surface area contributed by atoms with Crippen molar-refractivity contribution in [2.45, 2.75) is 26.6 Å². The molecule has 1 aliphatic heterocycles. The Labute approximate surface area is 168 Å². The molecule has 2 aromatic rings. The molecule has 9 nitrogen and oxygen atoms in total. The lowest BCUT2D eigenvalue weighted by molar-refractivity contribution is -0.222. The summed E-state index contributed by atoms with van der Waals surface area (Å²) in [5.41, 5.74) is 2.12. The summed E-state index contributed by atoms with van der Waals surface area (Å²) in [5, 5.41) is 6.05. The first-order valence-corrected chi connectivity index (χ1v) is 8.96. The van der Waals surface area contributed by atoms with E-state index in [2.05, 4.69) is 20.6 Å². The smallest absolute Gasteiger partial charge is 0.350 e. The van der Waals surface area contributed by atoms with E-state index in [-0.39, 0.29) is 5.57 Å². The first-order chi connectivity index (χ1) is 13.6. The number of carbonyl (C=O) groups excluding carboxylic acids is 2. The predicted molar refractivity (Wildman–Crippen MR) is 109 cm³/mol. The zero-order valence-electron chi connectivity index (χ0n) is 16.9. The Balaban J connectivity index is 1.68. The number of cyclic esters (lactones) is 2. The van der Waals surface area contributed by atoms with Crippen LogP contribution in [0.25, 0.3) is 0 Å². The summed E-state index contributed by atoms with van der Waals surface area (Å²) >= 11 is 0. The molecule has 0 spiro atoms. The van der Waals surface area contributed by atoms with Crippen molar-refractivity contribution in [1.82, 2.24) is 9.97 Å². The molecular weight excluding hydrogens is 374 g/mol. The Hall–Kier alpha value is -3.62. The Morgan fingerprint density at radius 2 is 1.59 bits per heavy atom. The number of aryl methyl sites for hydroxylation is 1. The summed E-state index contributed by atoms with van der Waals surface area (Å²) in [4.78, 5) is 34.6. The van der Waals surface area contributed by atoms with E-state index < -0.39 is 17.7 Å². The van der Waals surface area contributed by atoms with Gasteiger partial charge in [-0.25, -0.2) is 14.6 Å². The number of anilines is 4. The molecule has 0 saturated carbocycles. The highest BCUT2D eigenvalue weighted by Gasteiger charge is 2.38. The molecule has 0 bridgehead atoms. The van der Waals surface area contributed by atoms with Gasteiger partial charge in [-0.3, -0.25) is 0 Å². The Morgan fingerprint density at radius 1 is 1.00 bits per heavy atom. The number of rotatable bonds is 5. The highest BCUT2D eigenvalue weighted by atomic mass is 16.7. The number of hydrogen-bond acceptors (Lipinski definition) is 9. The first kappa shape index (κ1) is 20.1. The molecule has 1 aromatic heterocycles. The predicted octanol–water partition coefficient (Wildman–Crippen LogP) is 2.73. The number of esters is 2. The minimum atomic E-state index is -1.26. The van der Waals surface area contributed by atoms with E-state index in [0.717, 1.165) is 17.2 Å². The van der Waals surface area contributed by atoms with E-state index in [1.807, 2.05) is 44.1 Å². The third kappa shape index (κ3) is 5.01. The molecule has 1 aliphatic rings. The number of aromatic nitrogens is 2. The highest BCUT2D eigenvalue weighted by molar-refractivity contribution is 6.15. The third-order valence-corrected chi connectivity index (χ3v) is 3.94. The van der Waals surface area contributed by atoms with Crippen molar-refractivity contribution in [3.05, 3.63) is 47.8 Å². The van der Waals surface area contributed by atoms with E-state index in [1.165, 1.54) is 20.0 Å². The van der Waals surface area contributed by atoms with Crippen LogP contribution in [0, 0.1) is 6.92 Å². The monoisotopic (exact) mass is 397 g/mol. The van der Waals surface area contributed by atoms with Gasteiger partial charge in [0, 0.05) is 57.3 Å². The van der Waals surface area contributed by atoms with Crippen molar-refractivity contribution >= 4 is 35.1 Å². The van der Waals surface area contributed by atoms with Crippen LogP contribution in [0.3, 0.4) is 0 Å². The number of nitrogens with zero attached hydrogens (tertiary/aromatic N) is 3. The van der Waals surface area contributed by atoms with E-state index in [0.29, 0.717) is 11.6 Å². The van der Waals surface area contributed by atoms with Gasteiger partial charge in [0.2, 0.25) is 5.95 Å². The van der Waals surface area contributed by atoms with Crippen molar-refractivity contribution < 1.29 is 19.1 Å². The molecule has 0 atom stereocenters. The van der Waals surface area contributed by atoms with Crippen LogP contribution in [0.15, 0.2) is 42.1 Å². The van der Waals surface area contributed by atoms with E-state index in [4.69, 9.17) is 9.47 Å². The summed E-state index contributed by atoms with van der Waals surface area (Å²) in [5.74, 6) is -1.43. The van der Waals surface area contributed by atoms with Crippen molar-refractivity contribution in [1.29, 1.82) is 0 Å². The van der Waals surface area contributed by atoms with Crippen LogP contribution in [0.2, 0.25) is 0 Å². The second kappa shape index (κ2) is 7.78. The molecule has 0 radical (unpaired) electrons. The number of ether oxygens (including phenoxy) is 2. The minimum absolute atomic E-state index is 0.198. The van der Waals surface area contributed by atoms with Gasteiger partial charge in [0.25, 0.3) is 5.79 Å². The maximum absolute atomic E-state index is 11.9. The minimum Gasteiger partial charge on any atom is -0.419 e. The number of carbonyl (C=O) groups is 2. The fourth-order valence-electron chi connectivity index (χ4n) is 2.55. The SMILES string of the molecule is Cc1cc(N(C)C)nc(Nc2ccc(NC=C3C(=O)OC(C)(C)OC3=O)cc2)n1. The fraction of sp³-hybridized carbons (Fsp3) is 0.300. The highest BCUT2D eigenvalue weighted by Crippen LogP contribution is 2.23. The molecule has 1 aromatic carbocycles. The van der Waals surface area contributed by atoms with Gasteiger partial charge in [-0.05, 0) is 31.2 Å². The zero-order chi connectivity index (χ0) is 21.2. The van der Waals surface area contributed by atoms with Gasteiger partial charge in [-0.15, -0.1) is 0 Å². The van der Waals surface area contributed by atoms with Crippen LogP contribution in [-0.2, 0) is 19.1 Å². The van der Waals surface area contributed by atoms with Gasteiger partial charge in [0.05, 0.1) is 0 Å². The number of hydrogen-bond donors (Lipinski definition) is 2. The van der Waals surface area contributed by atoms with Crippen LogP contribution >= 0.6 is 0 Å². The third-order valence-electron chi connectivity index (χ3n) is 3.94. The summed E-state index contributed by atoms with van der Waals surface area (Å²) < 4.78 is 10.1. The molecule has 2 heterocycles. The molecule has 9 heteroatoms. The van der Waals surface area contributed by atoms with Crippen molar-refractivity contribution in [3.63, 3.8) is 0 Å². The van der Waals surface area contributed by atoms with Crippen LogP contribution in [0.5, 0.6) is 0 Å². The second-order valence-electron chi connectivity index (χ2n) is 7.17. The quantitative estimate of drug-likeness (QED) is 0.447. The van der Waals surface area contributed by atoms with Crippen LogP contribution in [0.4, 0.5) is 23.1 Å². The van der Waals surface area contributed by atoms with Gasteiger partial charge in [0.1, 0.15) is 5.82 Å². The molecular formula is C20H23N5O4. The standard InChI is InChI=1S/C20H23N5O4/c1-12-10-16(25(4)5)24-19(22-12)23-14-8-6-13(7-9-14)21-11-15-17(26)28-20(2,3)29-18(15)27/h6-11,21H,1-5H3,(H,22,23,24). The van der Waals surface area contributed by atoms with E-state index >= 15 is 0 Å². The lowest BCUT2D eigenvalue weighted by Crippen LogP contribution is -2.42. The van der Waals surface area contributed by atoms with Crippen LogP contribution in [0.1, 0.15) is 19.5 Å². The summed E-state index contributed by atoms with van der Waals surface area (Å²) in [6.07, 6.45) is 1.27. The Kier molecular flexibility index (Phi) is 5.40. The first-order valence-electron chi connectivity index (χ1n) is 8.96. The number of benzene rings is 1. The van der Waals surface area contributed by atoms with Crippen molar-refractivity contribution in [2.75, 3.05) is 29.6 Å². The van der Waals surface area contributed by atoms with Crippen molar-refractivity contribution in [3.8, 4) is 0 Å². The van der Waals surface area contributed by atoms with E-state index in [1.54, 1.807) is 12.1 Å². The van der Waals surface area contributed by atoms with Crippen LogP contribution < -0.4 is 15.5 Å². The number of nitrogens with one attached hydrogen (secondary N) is 2. The average Bonchev–Trinajstić information content (AvgIpc) is 2.61. The summed E-state index contributed by atoms with van der Waals surface area (Å²) in [6, 6.07) is 9.11. The molecule has 0 aliphatic carbocycles. The van der Waals surface area contributed by atoms with Gasteiger partial charge in [-0.1, -0.05) is 0 Å². The molecule has 3 rings (SSSR count). The molecule has 0 amide bonds. The van der Waals surface area contributed by atoms with E-state index in [9.17, 15) is 9.59 Å². The van der Waals surface area contributed by atoms with Gasteiger partial charge >= 0.3 is 11.9 Å². The maximum Gasteiger partial charge on any atom is 0.350 e. The van der Waals surface area contributed by atoms with Gasteiger partial charge in [-0.2, -0.15) is 4.98 Å². The molecule has 1 fully saturated rings. The summed E-state index contributed by atoms with van der Waals surface area (Å²) in [6.45, 7) is 4.90. The van der Waals surface area contributed by atoms with Gasteiger partial charge < -0.3 is 25.0 Å². The lowest BCUT2D eigenvalue weighted by Gasteiger charge is -2.29. The Bertz CT molecular complexity index is 945. The maximum atomic E-state index is 11.9. The molecule has 152 valence electrons. The zero-order valence-corrected chi connectivity index (χ0v) is 16.9. The topological polar surface area (TPSA) is 106 Å². The average molecular weight is 397 g/mol. The van der Waals surface area contributed by atoms with Gasteiger partial charge in [0.15, 0.2) is 5.57 Å². The fourth-order valence-corrected chi connectivity index (χ4v) is 2.55.